The minimum atomic E-state index is 0.252. The predicted molar refractivity (Wildman–Crippen MR) is 163 cm³/mol. The molecule has 0 aromatic heterocycles. The van der Waals surface area contributed by atoms with Gasteiger partial charge < -0.3 is 9.47 Å². The SMILES string of the molecule is c1ccc(CO[C@@H]2CCC(c3ccccc3)C[C@H]2[C@@H]2CC(c3ccccc3)CC[C@H]2OCc2ccccc2)cc1. The van der Waals surface area contributed by atoms with Gasteiger partial charge in [-0.25, -0.2) is 0 Å². The Morgan fingerprint density at radius 1 is 0.425 bits per heavy atom. The van der Waals surface area contributed by atoms with E-state index in [1.165, 1.54) is 47.9 Å². The van der Waals surface area contributed by atoms with Crippen molar-refractivity contribution in [3.05, 3.63) is 144 Å². The van der Waals surface area contributed by atoms with Gasteiger partial charge in [0.25, 0.3) is 0 Å². The van der Waals surface area contributed by atoms with Crippen LogP contribution in [0.1, 0.15) is 72.6 Å². The van der Waals surface area contributed by atoms with Gasteiger partial charge in [0.05, 0.1) is 25.4 Å². The highest BCUT2D eigenvalue weighted by Gasteiger charge is 2.43. The number of hydrogen-bond donors (Lipinski definition) is 0. The zero-order chi connectivity index (χ0) is 27.0. The van der Waals surface area contributed by atoms with Crippen LogP contribution >= 0.6 is 0 Å². The lowest BCUT2D eigenvalue weighted by Gasteiger charge is -2.46. The molecule has 2 nitrogen and oxygen atoms in total. The van der Waals surface area contributed by atoms with E-state index in [0.717, 1.165) is 12.8 Å². The van der Waals surface area contributed by atoms with Gasteiger partial charge in [0.15, 0.2) is 0 Å². The smallest absolute Gasteiger partial charge is 0.0720 e. The summed E-state index contributed by atoms with van der Waals surface area (Å²) in [5.41, 5.74) is 5.47. The molecular formula is C38H42O2. The molecule has 2 unspecified atom stereocenters. The number of rotatable bonds is 9. The lowest BCUT2D eigenvalue weighted by atomic mass is 9.64. The third-order valence-corrected chi connectivity index (χ3v) is 9.37. The standard InChI is InChI=1S/C38H42O2/c1-5-13-29(14-6-1)27-39-37-23-21-33(31-17-9-3-10-18-31)25-35(37)36-26-34(32-19-11-4-12-20-32)22-24-38(36)40-28-30-15-7-2-8-16-30/h1-20,33-38H,21-28H2/t33?,34?,35-,36-,37+,38+/m0/s1. The van der Waals surface area contributed by atoms with Crippen LogP contribution in [0.25, 0.3) is 0 Å². The van der Waals surface area contributed by atoms with E-state index in [0.29, 0.717) is 36.9 Å². The van der Waals surface area contributed by atoms with E-state index in [9.17, 15) is 0 Å². The van der Waals surface area contributed by atoms with Crippen molar-refractivity contribution in [1.82, 2.24) is 0 Å². The first-order valence-electron chi connectivity index (χ1n) is 15.2. The van der Waals surface area contributed by atoms with Gasteiger partial charge in [-0.15, -0.1) is 0 Å². The maximum absolute atomic E-state index is 6.82. The first-order chi connectivity index (χ1) is 19.8. The van der Waals surface area contributed by atoms with Crippen molar-refractivity contribution in [2.75, 3.05) is 0 Å². The fourth-order valence-corrected chi connectivity index (χ4v) is 7.28. The molecule has 6 atom stereocenters. The largest absolute Gasteiger partial charge is 0.373 e. The topological polar surface area (TPSA) is 18.5 Å². The molecule has 0 bridgehead atoms. The van der Waals surface area contributed by atoms with Crippen LogP contribution in [-0.4, -0.2) is 12.2 Å². The van der Waals surface area contributed by atoms with Gasteiger partial charge in [-0.2, -0.15) is 0 Å². The Balaban J connectivity index is 1.27. The van der Waals surface area contributed by atoms with E-state index in [1.807, 2.05) is 0 Å². The molecule has 0 radical (unpaired) electrons. The van der Waals surface area contributed by atoms with Crippen LogP contribution in [0, 0.1) is 11.8 Å². The Labute approximate surface area is 240 Å². The zero-order valence-corrected chi connectivity index (χ0v) is 23.5. The number of benzene rings is 4. The average molecular weight is 531 g/mol. The lowest BCUT2D eigenvalue weighted by Crippen LogP contribution is -2.44. The molecule has 0 aliphatic heterocycles. The molecule has 2 saturated carbocycles. The summed E-state index contributed by atoms with van der Waals surface area (Å²) in [4.78, 5) is 0. The van der Waals surface area contributed by atoms with E-state index >= 15 is 0 Å². The second-order valence-electron chi connectivity index (χ2n) is 11.8. The van der Waals surface area contributed by atoms with Crippen LogP contribution in [0.4, 0.5) is 0 Å². The Kier molecular flexibility index (Phi) is 9.07. The first-order valence-corrected chi connectivity index (χ1v) is 15.2. The van der Waals surface area contributed by atoms with Gasteiger partial charge in [0, 0.05) is 0 Å². The minimum absolute atomic E-state index is 0.252. The van der Waals surface area contributed by atoms with Crippen LogP contribution in [0.5, 0.6) is 0 Å². The molecule has 0 heterocycles. The fraction of sp³-hybridized carbons (Fsp3) is 0.368. The van der Waals surface area contributed by atoms with Crippen LogP contribution in [0.15, 0.2) is 121 Å². The normalized spacial score (nSPS) is 26.8. The molecule has 0 spiro atoms. The maximum atomic E-state index is 6.82. The van der Waals surface area contributed by atoms with Crippen LogP contribution in [0.3, 0.4) is 0 Å². The summed E-state index contributed by atoms with van der Waals surface area (Å²) < 4.78 is 13.6. The summed E-state index contributed by atoms with van der Waals surface area (Å²) in [6.07, 6.45) is 7.42. The molecule has 0 N–H and O–H groups in total. The summed E-state index contributed by atoms with van der Waals surface area (Å²) >= 11 is 0. The monoisotopic (exact) mass is 530 g/mol. The van der Waals surface area contributed by atoms with Gasteiger partial charge in [0.2, 0.25) is 0 Å². The molecule has 6 rings (SSSR count). The molecule has 0 saturated heterocycles. The van der Waals surface area contributed by atoms with Crippen LogP contribution in [-0.2, 0) is 22.7 Å². The molecule has 206 valence electrons. The van der Waals surface area contributed by atoms with Crippen molar-refractivity contribution in [3.8, 4) is 0 Å². The van der Waals surface area contributed by atoms with Crippen molar-refractivity contribution in [3.63, 3.8) is 0 Å². The molecule has 2 aliphatic carbocycles. The summed E-state index contributed by atoms with van der Waals surface area (Å²) in [5.74, 6) is 2.09. The zero-order valence-electron chi connectivity index (χ0n) is 23.5. The quantitative estimate of drug-likeness (QED) is 0.215. The minimum Gasteiger partial charge on any atom is -0.373 e. The predicted octanol–water partition coefficient (Wildman–Crippen LogP) is 9.33. The van der Waals surface area contributed by atoms with Crippen molar-refractivity contribution >= 4 is 0 Å². The maximum Gasteiger partial charge on any atom is 0.0720 e. The summed E-state index contributed by atoms with van der Waals surface area (Å²) in [6, 6.07) is 43.7. The molecule has 40 heavy (non-hydrogen) atoms. The van der Waals surface area contributed by atoms with Crippen LogP contribution in [0.2, 0.25) is 0 Å². The van der Waals surface area contributed by atoms with E-state index in [4.69, 9.17) is 9.47 Å². The summed E-state index contributed by atoms with van der Waals surface area (Å²) in [6.45, 7) is 1.37. The Morgan fingerprint density at radius 2 is 0.775 bits per heavy atom. The Hall–Kier alpha value is -3.20. The molecule has 0 amide bonds. The Bertz CT molecular complexity index is 1170. The van der Waals surface area contributed by atoms with Gasteiger partial charge in [0.1, 0.15) is 0 Å². The highest BCUT2D eigenvalue weighted by Crippen LogP contribution is 2.49. The summed E-state index contributed by atoms with van der Waals surface area (Å²) in [5, 5.41) is 0. The molecule has 2 heteroatoms. The first kappa shape index (κ1) is 27.0. The van der Waals surface area contributed by atoms with Crippen molar-refractivity contribution in [2.24, 2.45) is 11.8 Å². The van der Waals surface area contributed by atoms with E-state index in [1.54, 1.807) is 0 Å². The van der Waals surface area contributed by atoms with E-state index < -0.39 is 0 Å². The highest BCUT2D eigenvalue weighted by atomic mass is 16.5. The van der Waals surface area contributed by atoms with Gasteiger partial charge in [-0.1, -0.05) is 121 Å². The van der Waals surface area contributed by atoms with Gasteiger partial charge in [-0.3, -0.25) is 0 Å². The molecule has 4 aromatic rings. The van der Waals surface area contributed by atoms with Gasteiger partial charge >= 0.3 is 0 Å². The molecule has 2 fully saturated rings. The van der Waals surface area contributed by atoms with E-state index in [2.05, 4.69) is 121 Å². The highest BCUT2D eigenvalue weighted by molar-refractivity contribution is 5.23. The summed E-state index contributed by atoms with van der Waals surface area (Å²) in [7, 11) is 0. The molecule has 2 aliphatic rings. The van der Waals surface area contributed by atoms with Crippen molar-refractivity contribution in [2.45, 2.75) is 75.8 Å². The lowest BCUT2D eigenvalue weighted by molar-refractivity contribution is -0.102. The second kappa shape index (κ2) is 13.4. The molecular weight excluding hydrogens is 488 g/mol. The number of ether oxygens (including phenoxy) is 2. The number of hydrogen-bond acceptors (Lipinski definition) is 2. The second-order valence-corrected chi connectivity index (χ2v) is 11.8. The van der Waals surface area contributed by atoms with Crippen LogP contribution < -0.4 is 0 Å². The van der Waals surface area contributed by atoms with Crippen molar-refractivity contribution < 1.29 is 9.47 Å². The van der Waals surface area contributed by atoms with Gasteiger partial charge in [-0.05, 0) is 84.5 Å². The third-order valence-electron chi connectivity index (χ3n) is 9.37. The average Bonchev–Trinajstić information content (AvgIpc) is 3.04. The van der Waals surface area contributed by atoms with Crippen molar-refractivity contribution in [1.29, 1.82) is 0 Å². The fourth-order valence-electron chi connectivity index (χ4n) is 7.28. The Morgan fingerprint density at radius 3 is 1.15 bits per heavy atom. The molecule has 4 aromatic carbocycles. The third kappa shape index (κ3) is 6.74. The van der Waals surface area contributed by atoms with E-state index in [-0.39, 0.29) is 12.2 Å².